The number of ketones is 2. The van der Waals surface area contributed by atoms with Crippen molar-refractivity contribution in [2.75, 3.05) is 4.90 Å². The van der Waals surface area contributed by atoms with Gasteiger partial charge < -0.3 is 4.90 Å². The molecule has 0 spiro atoms. The molecule has 1 aliphatic carbocycles. The molecule has 0 radical (unpaired) electrons. The van der Waals surface area contributed by atoms with E-state index in [9.17, 15) is 14.9 Å². The zero-order valence-corrected chi connectivity index (χ0v) is 28.4. The SMILES string of the molecule is Cc1cc(C#N)cc(C)c1-c1ccc2c(c1)C(C)(C)c1cc(C=C3C(=O)c4ccccc4C3=O)sc1N2c1ccc(Cl)c2ccccc12. The average Bonchev–Trinajstić information content (AvgIpc) is 3.61. The van der Waals surface area contributed by atoms with E-state index < -0.39 is 5.41 Å². The van der Waals surface area contributed by atoms with E-state index in [1.165, 1.54) is 0 Å². The standard InChI is InChI=1S/C42H29ClN2O2S/c1-23-17-25(22-44)18-24(2)38(23)26-13-15-37-33(19-26)42(3,4)34-21-27(20-32-39(46)30-11-7-8-12-31(30)40(32)47)48-41(34)45(37)36-16-14-35(43)28-9-5-6-10-29(28)36/h5-21H,1-4H3. The number of anilines is 3. The van der Waals surface area contributed by atoms with Gasteiger partial charge in [0.25, 0.3) is 0 Å². The van der Waals surface area contributed by atoms with Crippen molar-refractivity contribution in [1.82, 2.24) is 0 Å². The van der Waals surface area contributed by atoms with Crippen LogP contribution in [0.3, 0.4) is 0 Å². The minimum Gasteiger partial charge on any atom is -0.301 e. The second-order valence-electron chi connectivity index (χ2n) is 13.0. The molecular formula is C42H29ClN2O2S. The number of allylic oxidation sites excluding steroid dienone is 1. The first-order chi connectivity index (χ1) is 23.1. The van der Waals surface area contributed by atoms with Gasteiger partial charge in [-0.2, -0.15) is 5.26 Å². The van der Waals surface area contributed by atoms with Crippen LogP contribution in [0.25, 0.3) is 28.0 Å². The van der Waals surface area contributed by atoms with Crippen molar-refractivity contribution in [2.45, 2.75) is 33.1 Å². The van der Waals surface area contributed by atoms with Crippen LogP contribution in [0.5, 0.6) is 0 Å². The van der Waals surface area contributed by atoms with Gasteiger partial charge in [-0.05, 0) is 95.8 Å². The van der Waals surface area contributed by atoms with Gasteiger partial charge in [-0.1, -0.05) is 80.0 Å². The quantitative estimate of drug-likeness (QED) is 0.140. The van der Waals surface area contributed by atoms with Gasteiger partial charge >= 0.3 is 0 Å². The van der Waals surface area contributed by atoms with Crippen molar-refractivity contribution in [3.63, 3.8) is 0 Å². The van der Waals surface area contributed by atoms with E-state index >= 15 is 0 Å². The highest BCUT2D eigenvalue weighted by Crippen LogP contribution is 2.57. The first kappa shape index (κ1) is 30.1. The molecule has 0 bridgehead atoms. The Morgan fingerprint density at radius 1 is 0.771 bits per heavy atom. The second kappa shape index (κ2) is 10.9. The van der Waals surface area contributed by atoms with Gasteiger partial charge in [0, 0.05) is 37.2 Å². The number of Topliss-reactive ketones (excluding diaryl/α,β-unsaturated/α-hetero) is 2. The predicted octanol–water partition coefficient (Wildman–Crippen LogP) is 11.3. The third-order valence-corrected chi connectivity index (χ3v) is 11.1. The lowest BCUT2D eigenvalue weighted by Gasteiger charge is -2.40. The Balaban J connectivity index is 1.36. The summed E-state index contributed by atoms with van der Waals surface area (Å²) in [4.78, 5) is 29.9. The molecule has 0 saturated heterocycles. The molecule has 48 heavy (non-hydrogen) atoms. The maximum absolute atomic E-state index is 13.4. The lowest BCUT2D eigenvalue weighted by molar-refractivity contribution is 0.0990. The van der Waals surface area contributed by atoms with E-state index in [-0.39, 0.29) is 17.1 Å². The van der Waals surface area contributed by atoms with E-state index in [2.05, 4.69) is 75.1 Å². The number of rotatable bonds is 3. The number of halogens is 1. The predicted molar refractivity (Wildman–Crippen MR) is 196 cm³/mol. The van der Waals surface area contributed by atoms with Gasteiger partial charge in [0.05, 0.1) is 28.6 Å². The molecule has 6 heteroatoms. The molecule has 0 N–H and O–H groups in total. The molecule has 6 aromatic rings. The highest BCUT2D eigenvalue weighted by Gasteiger charge is 2.40. The summed E-state index contributed by atoms with van der Waals surface area (Å²) in [7, 11) is 0. The summed E-state index contributed by atoms with van der Waals surface area (Å²) in [6.45, 7) is 8.58. The van der Waals surface area contributed by atoms with Crippen LogP contribution in [0, 0.1) is 25.2 Å². The third kappa shape index (κ3) is 4.41. The van der Waals surface area contributed by atoms with E-state index in [0.29, 0.717) is 21.7 Å². The van der Waals surface area contributed by atoms with Crippen LogP contribution >= 0.6 is 22.9 Å². The van der Waals surface area contributed by atoms with Crippen molar-refractivity contribution in [3.8, 4) is 17.2 Å². The first-order valence-corrected chi connectivity index (χ1v) is 17.0. The minimum atomic E-state index is -0.423. The van der Waals surface area contributed by atoms with Gasteiger partial charge in [-0.25, -0.2) is 0 Å². The van der Waals surface area contributed by atoms with Gasteiger partial charge in [-0.3, -0.25) is 9.59 Å². The normalized spacial score (nSPS) is 14.5. The molecule has 4 nitrogen and oxygen atoms in total. The number of hydrogen-bond donors (Lipinski definition) is 0. The molecule has 2 aliphatic rings. The summed E-state index contributed by atoms with van der Waals surface area (Å²) in [6.07, 6.45) is 1.77. The Bertz CT molecular complexity index is 2420. The summed E-state index contributed by atoms with van der Waals surface area (Å²) < 4.78 is 0. The summed E-state index contributed by atoms with van der Waals surface area (Å²) in [5.41, 5.74) is 9.95. The van der Waals surface area contributed by atoms with Crippen LogP contribution < -0.4 is 4.90 Å². The lowest BCUT2D eigenvalue weighted by Crippen LogP contribution is -2.29. The molecule has 5 aromatic carbocycles. The van der Waals surface area contributed by atoms with E-state index in [4.69, 9.17) is 11.6 Å². The number of nitriles is 1. The number of carbonyl (C=O) groups excluding carboxylic acids is 2. The largest absolute Gasteiger partial charge is 0.301 e. The molecule has 1 aliphatic heterocycles. The Hall–Kier alpha value is -5.28. The van der Waals surface area contributed by atoms with Crippen LogP contribution in [-0.2, 0) is 5.41 Å². The van der Waals surface area contributed by atoms with E-state index in [1.54, 1.807) is 41.7 Å². The number of carbonyl (C=O) groups is 2. The van der Waals surface area contributed by atoms with E-state index in [0.717, 1.165) is 65.4 Å². The summed E-state index contributed by atoms with van der Waals surface area (Å²) in [5, 5.41) is 13.3. The average molecular weight is 661 g/mol. The summed E-state index contributed by atoms with van der Waals surface area (Å²) in [6, 6.07) is 34.1. The number of nitrogens with zero attached hydrogens (tertiary/aromatic N) is 2. The van der Waals surface area contributed by atoms with Gasteiger partial charge in [0.1, 0.15) is 5.00 Å². The zero-order chi connectivity index (χ0) is 33.5. The maximum Gasteiger partial charge on any atom is 0.197 e. The Labute approximate surface area is 288 Å². The summed E-state index contributed by atoms with van der Waals surface area (Å²) >= 11 is 8.29. The molecular weight excluding hydrogens is 632 g/mol. The first-order valence-electron chi connectivity index (χ1n) is 15.8. The molecule has 0 atom stereocenters. The smallest absolute Gasteiger partial charge is 0.197 e. The highest BCUT2D eigenvalue weighted by molar-refractivity contribution is 7.17. The number of aryl methyl sites for hydroxylation is 2. The van der Waals surface area contributed by atoms with Crippen LogP contribution in [0.15, 0.2) is 103 Å². The second-order valence-corrected chi connectivity index (χ2v) is 14.5. The van der Waals surface area contributed by atoms with E-state index in [1.807, 2.05) is 36.4 Å². The zero-order valence-electron chi connectivity index (χ0n) is 26.8. The van der Waals surface area contributed by atoms with Crippen LogP contribution in [0.2, 0.25) is 5.02 Å². The topological polar surface area (TPSA) is 61.2 Å². The Morgan fingerprint density at radius 3 is 2.06 bits per heavy atom. The fraction of sp³-hybridized carbons (Fsp3) is 0.119. The Morgan fingerprint density at radius 2 is 1.40 bits per heavy atom. The fourth-order valence-corrected chi connectivity index (χ4v) is 8.95. The number of benzene rings is 5. The molecule has 0 amide bonds. The van der Waals surface area contributed by atoms with Crippen molar-refractivity contribution in [2.24, 2.45) is 0 Å². The van der Waals surface area contributed by atoms with Gasteiger partial charge in [0.15, 0.2) is 11.6 Å². The maximum atomic E-state index is 13.4. The fourth-order valence-electron chi connectivity index (χ4n) is 7.44. The third-order valence-electron chi connectivity index (χ3n) is 9.75. The van der Waals surface area contributed by atoms with Gasteiger partial charge in [-0.15, -0.1) is 11.3 Å². The molecule has 2 heterocycles. The van der Waals surface area contributed by atoms with Gasteiger partial charge in [0.2, 0.25) is 0 Å². The Kier molecular flexibility index (Phi) is 6.82. The van der Waals surface area contributed by atoms with Crippen molar-refractivity contribution < 1.29 is 9.59 Å². The highest BCUT2D eigenvalue weighted by atomic mass is 35.5. The monoisotopic (exact) mass is 660 g/mol. The molecule has 1 aromatic heterocycles. The molecule has 0 fully saturated rings. The van der Waals surface area contributed by atoms with Crippen molar-refractivity contribution >= 4 is 67.7 Å². The van der Waals surface area contributed by atoms with Crippen LogP contribution in [0.1, 0.15) is 67.3 Å². The molecule has 8 rings (SSSR count). The summed E-state index contributed by atoms with van der Waals surface area (Å²) in [5.74, 6) is -0.467. The minimum absolute atomic E-state index is 0.197. The van der Waals surface area contributed by atoms with Crippen LogP contribution in [0.4, 0.5) is 16.4 Å². The number of fused-ring (bicyclic) bond motifs is 4. The van der Waals surface area contributed by atoms with Crippen LogP contribution in [-0.4, -0.2) is 11.6 Å². The molecule has 0 saturated carbocycles. The number of hydrogen-bond acceptors (Lipinski definition) is 5. The molecule has 232 valence electrons. The molecule has 0 unspecified atom stereocenters. The van der Waals surface area contributed by atoms with Crippen molar-refractivity contribution in [1.29, 1.82) is 5.26 Å². The van der Waals surface area contributed by atoms with Crippen molar-refractivity contribution in [3.05, 3.63) is 151 Å². The lowest BCUT2D eigenvalue weighted by atomic mass is 9.74. The number of thiophene rings is 1.